The highest BCUT2D eigenvalue weighted by atomic mass is 32.1. The standard InChI is InChI=1S/C15H26N2S/c1-3-4-8-16-10-13(2)17(15-5-6-15)11-14-7-9-18-12-14/h7,9,12-13,15-16H,3-6,8,10-11H2,1-2H3. The predicted octanol–water partition coefficient (Wildman–Crippen LogP) is 3.49. The molecule has 0 saturated heterocycles. The van der Waals surface area contributed by atoms with E-state index < -0.39 is 0 Å². The summed E-state index contributed by atoms with van der Waals surface area (Å²) in [5, 5.41) is 8.06. The van der Waals surface area contributed by atoms with E-state index in [0.717, 1.165) is 25.7 Å². The predicted molar refractivity (Wildman–Crippen MR) is 80.1 cm³/mol. The van der Waals surface area contributed by atoms with Gasteiger partial charge >= 0.3 is 0 Å². The summed E-state index contributed by atoms with van der Waals surface area (Å²) in [5.41, 5.74) is 1.48. The molecule has 18 heavy (non-hydrogen) atoms. The zero-order valence-electron chi connectivity index (χ0n) is 11.7. The van der Waals surface area contributed by atoms with Crippen molar-refractivity contribution in [3.05, 3.63) is 22.4 Å². The lowest BCUT2D eigenvalue weighted by atomic mass is 10.2. The van der Waals surface area contributed by atoms with E-state index >= 15 is 0 Å². The van der Waals surface area contributed by atoms with Gasteiger partial charge in [-0.05, 0) is 55.1 Å². The van der Waals surface area contributed by atoms with E-state index in [9.17, 15) is 0 Å². The van der Waals surface area contributed by atoms with E-state index in [1.165, 1.54) is 31.2 Å². The molecule has 1 aliphatic rings. The van der Waals surface area contributed by atoms with Gasteiger partial charge in [0.2, 0.25) is 0 Å². The summed E-state index contributed by atoms with van der Waals surface area (Å²) in [6, 6.07) is 3.75. The molecule has 0 spiro atoms. The Morgan fingerprint density at radius 1 is 1.50 bits per heavy atom. The van der Waals surface area contributed by atoms with Gasteiger partial charge in [0, 0.05) is 25.2 Å². The maximum absolute atomic E-state index is 3.59. The molecule has 1 fully saturated rings. The third-order valence-corrected chi connectivity index (χ3v) is 4.41. The summed E-state index contributed by atoms with van der Waals surface area (Å²) in [6.07, 6.45) is 5.36. The van der Waals surface area contributed by atoms with E-state index in [-0.39, 0.29) is 0 Å². The van der Waals surface area contributed by atoms with Crippen LogP contribution in [0, 0.1) is 0 Å². The molecule has 1 unspecified atom stereocenters. The van der Waals surface area contributed by atoms with Crippen LogP contribution in [0.1, 0.15) is 45.1 Å². The summed E-state index contributed by atoms with van der Waals surface area (Å²) in [5.74, 6) is 0. The third kappa shape index (κ3) is 4.38. The molecule has 1 aromatic heterocycles. The Morgan fingerprint density at radius 2 is 2.33 bits per heavy atom. The van der Waals surface area contributed by atoms with Gasteiger partial charge in [-0.3, -0.25) is 4.90 Å². The minimum Gasteiger partial charge on any atom is -0.315 e. The molecule has 102 valence electrons. The first-order valence-corrected chi connectivity index (χ1v) is 8.23. The number of rotatable bonds is 9. The highest BCUT2D eigenvalue weighted by Crippen LogP contribution is 2.30. The van der Waals surface area contributed by atoms with Crippen LogP contribution in [0.4, 0.5) is 0 Å². The molecule has 1 atom stereocenters. The fraction of sp³-hybridized carbons (Fsp3) is 0.733. The van der Waals surface area contributed by atoms with Crippen LogP contribution < -0.4 is 5.32 Å². The van der Waals surface area contributed by atoms with Gasteiger partial charge in [0.25, 0.3) is 0 Å². The molecule has 1 N–H and O–H groups in total. The summed E-state index contributed by atoms with van der Waals surface area (Å²) in [6.45, 7) is 8.03. The average Bonchev–Trinajstić information content (AvgIpc) is 3.08. The van der Waals surface area contributed by atoms with Crippen molar-refractivity contribution in [1.82, 2.24) is 10.2 Å². The highest BCUT2D eigenvalue weighted by molar-refractivity contribution is 7.07. The van der Waals surface area contributed by atoms with Crippen molar-refractivity contribution < 1.29 is 0 Å². The minimum atomic E-state index is 0.647. The van der Waals surface area contributed by atoms with Gasteiger partial charge in [0.1, 0.15) is 0 Å². The molecular formula is C15H26N2S. The van der Waals surface area contributed by atoms with Gasteiger partial charge in [-0.1, -0.05) is 13.3 Å². The Morgan fingerprint density at radius 3 is 2.94 bits per heavy atom. The Hall–Kier alpha value is -0.380. The molecule has 0 aromatic carbocycles. The number of nitrogens with zero attached hydrogens (tertiary/aromatic N) is 1. The van der Waals surface area contributed by atoms with Crippen molar-refractivity contribution in [2.75, 3.05) is 13.1 Å². The molecule has 2 nitrogen and oxygen atoms in total. The van der Waals surface area contributed by atoms with Gasteiger partial charge in [0.15, 0.2) is 0 Å². The van der Waals surface area contributed by atoms with Crippen molar-refractivity contribution in [3.8, 4) is 0 Å². The monoisotopic (exact) mass is 266 g/mol. The first kappa shape index (κ1) is 14.0. The maximum Gasteiger partial charge on any atom is 0.0248 e. The Balaban J connectivity index is 1.77. The van der Waals surface area contributed by atoms with Crippen LogP contribution >= 0.6 is 11.3 Å². The quantitative estimate of drug-likeness (QED) is 0.688. The lowest BCUT2D eigenvalue weighted by Gasteiger charge is -2.29. The molecule has 1 aliphatic carbocycles. The molecule has 0 radical (unpaired) electrons. The van der Waals surface area contributed by atoms with Gasteiger partial charge in [-0.25, -0.2) is 0 Å². The van der Waals surface area contributed by atoms with Gasteiger partial charge < -0.3 is 5.32 Å². The van der Waals surface area contributed by atoms with E-state index in [0.29, 0.717) is 6.04 Å². The Kier molecular flexibility index (Phi) is 5.67. The normalized spacial score (nSPS) is 17.3. The summed E-state index contributed by atoms with van der Waals surface area (Å²) >= 11 is 1.81. The third-order valence-electron chi connectivity index (χ3n) is 3.67. The topological polar surface area (TPSA) is 15.3 Å². The lowest BCUT2D eigenvalue weighted by molar-refractivity contribution is 0.185. The van der Waals surface area contributed by atoms with Gasteiger partial charge in [0.05, 0.1) is 0 Å². The van der Waals surface area contributed by atoms with Crippen LogP contribution in [0.2, 0.25) is 0 Å². The first-order chi connectivity index (χ1) is 8.81. The zero-order valence-corrected chi connectivity index (χ0v) is 12.5. The van der Waals surface area contributed by atoms with E-state index in [1.54, 1.807) is 0 Å². The van der Waals surface area contributed by atoms with Crippen molar-refractivity contribution in [2.45, 2.75) is 58.2 Å². The molecular weight excluding hydrogens is 240 g/mol. The smallest absolute Gasteiger partial charge is 0.0248 e. The van der Waals surface area contributed by atoms with Crippen molar-refractivity contribution in [2.24, 2.45) is 0 Å². The van der Waals surface area contributed by atoms with E-state index in [4.69, 9.17) is 0 Å². The van der Waals surface area contributed by atoms with Crippen molar-refractivity contribution in [3.63, 3.8) is 0 Å². The van der Waals surface area contributed by atoms with Crippen LogP contribution in [-0.2, 0) is 6.54 Å². The minimum absolute atomic E-state index is 0.647. The van der Waals surface area contributed by atoms with E-state index in [2.05, 4.69) is 40.9 Å². The van der Waals surface area contributed by atoms with Crippen LogP contribution in [0.15, 0.2) is 16.8 Å². The zero-order chi connectivity index (χ0) is 12.8. The molecule has 0 aliphatic heterocycles. The number of thiophene rings is 1. The number of nitrogens with one attached hydrogen (secondary N) is 1. The molecule has 1 heterocycles. The average molecular weight is 266 g/mol. The molecule has 3 heteroatoms. The van der Waals surface area contributed by atoms with Gasteiger partial charge in [-0.15, -0.1) is 0 Å². The molecule has 0 amide bonds. The number of hydrogen-bond donors (Lipinski definition) is 1. The second-order valence-electron chi connectivity index (χ2n) is 5.44. The summed E-state index contributed by atoms with van der Waals surface area (Å²) < 4.78 is 0. The van der Waals surface area contributed by atoms with Crippen LogP contribution in [0.3, 0.4) is 0 Å². The largest absolute Gasteiger partial charge is 0.315 e. The lowest BCUT2D eigenvalue weighted by Crippen LogP contribution is -2.41. The fourth-order valence-electron chi connectivity index (χ4n) is 2.37. The van der Waals surface area contributed by atoms with Crippen LogP contribution in [0.5, 0.6) is 0 Å². The second kappa shape index (κ2) is 7.27. The molecule has 2 rings (SSSR count). The van der Waals surface area contributed by atoms with Crippen LogP contribution in [-0.4, -0.2) is 30.1 Å². The van der Waals surface area contributed by atoms with Gasteiger partial charge in [-0.2, -0.15) is 11.3 Å². The summed E-state index contributed by atoms with van der Waals surface area (Å²) in [7, 11) is 0. The molecule has 0 bridgehead atoms. The first-order valence-electron chi connectivity index (χ1n) is 7.28. The molecule has 1 aromatic rings. The SMILES string of the molecule is CCCCNCC(C)N(Cc1ccsc1)C1CC1. The van der Waals surface area contributed by atoms with Crippen molar-refractivity contribution in [1.29, 1.82) is 0 Å². The maximum atomic E-state index is 3.59. The Bertz CT molecular complexity index is 319. The molecule has 1 saturated carbocycles. The highest BCUT2D eigenvalue weighted by Gasteiger charge is 2.31. The number of hydrogen-bond acceptors (Lipinski definition) is 3. The summed E-state index contributed by atoms with van der Waals surface area (Å²) in [4.78, 5) is 2.68. The number of unbranched alkanes of at least 4 members (excludes halogenated alkanes) is 1. The second-order valence-corrected chi connectivity index (χ2v) is 6.22. The van der Waals surface area contributed by atoms with E-state index in [1.807, 2.05) is 11.3 Å². The fourth-order valence-corrected chi connectivity index (χ4v) is 3.03. The van der Waals surface area contributed by atoms with Crippen LogP contribution in [0.25, 0.3) is 0 Å². The Labute approximate surface area is 115 Å². The van der Waals surface area contributed by atoms with Crippen molar-refractivity contribution >= 4 is 11.3 Å².